The molecule has 3 aromatic rings. The lowest BCUT2D eigenvalue weighted by molar-refractivity contribution is 0.0472. The Morgan fingerprint density at radius 1 is 0.758 bits per heavy atom. The number of benzene rings is 3. The van der Waals surface area contributed by atoms with Gasteiger partial charge in [-0.05, 0) is 36.1 Å². The van der Waals surface area contributed by atoms with Crippen molar-refractivity contribution in [2.24, 2.45) is 0 Å². The van der Waals surface area contributed by atoms with Gasteiger partial charge in [0.05, 0.1) is 11.6 Å². The number of carbonyl (C=O) groups is 3. The van der Waals surface area contributed by atoms with E-state index < -0.39 is 18.1 Å². The second-order valence-corrected chi connectivity index (χ2v) is 7.90. The molecule has 0 unspecified atom stereocenters. The lowest BCUT2D eigenvalue weighted by Gasteiger charge is -2.23. The topological polar surface area (TPSA) is 72.9 Å². The standard InChI is InChI=1S/C27H25NO5/c29-25(24-15-8-16-28(24)27(31)33-19-21-11-5-2-6-12-21)22-13-7-14-23(17-22)26(30)32-18-20-9-3-1-4-10-20/h1-7,9-14,17,24H,8,15-16,18-19H2/t24-/m0/s1. The van der Waals surface area contributed by atoms with Gasteiger partial charge in [0, 0.05) is 12.1 Å². The highest BCUT2D eigenvalue weighted by Crippen LogP contribution is 2.23. The van der Waals surface area contributed by atoms with Crippen LogP contribution in [0.2, 0.25) is 0 Å². The molecule has 1 aliphatic rings. The molecule has 0 spiro atoms. The zero-order chi connectivity index (χ0) is 23.0. The predicted octanol–water partition coefficient (Wildman–Crippen LogP) is 5.03. The van der Waals surface area contributed by atoms with E-state index in [1.807, 2.05) is 60.7 Å². The molecular formula is C27H25NO5. The van der Waals surface area contributed by atoms with E-state index in [2.05, 4.69) is 0 Å². The summed E-state index contributed by atoms with van der Waals surface area (Å²) in [7, 11) is 0. The molecule has 1 saturated heterocycles. The Labute approximate surface area is 192 Å². The van der Waals surface area contributed by atoms with Crippen LogP contribution in [0.3, 0.4) is 0 Å². The summed E-state index contributed by atoms with van der Waals surface area (Å²) in [6.07, 6.45) is 0.769. The number of likely N-dealkylation sites (tertiary alicyclic amines) is 1. The first-order valence-corrected chi connectivity index (χ1v) is 10.9. The van der Waals surface area contributed by atoms with Crippen molar-refractivity contribution < 1.29 is 23.9 Å². The molecule has 33 heavy (non-hydrogen) atoms. The Morgan fingerprint density at radius 2 is 1.36 bits per heavy atom. The molecule has 1 fully saturated rings. The van der Waals surface area contributed by atoms with Gasteiger partial charge in [-0.2, -0.15) is 0 Å². The van der Waals surface area contributed by atoms with Crippen molar-refractivity contribution in [3.8, 4) is 0 Å². The number of hydrogen-bond donors (Lipinski definition) is 0. The van der Waals surface area contributed by atoms with Crippen LogP contribution in [0.1, 0.15) is 44.7 Å². The molecule has 1 heterocycles. The zero-order valence-corrected chi connectivity index (χ0v) is 18.2. The van der Waals surface area contributed by atoms with E-state index in [0.29, 0.717) is 24.1 Å². The third-order valence-electron chi connectivity index (χ3n) is 5.59. The number of rotatable bonds is 7. The molecule has 1 aliphatic heterocycles. The monoisotopic (exact) mass is 443 g/mol. The number of nitrogens with zero attached hydrogens (tertiary/aromatic N) is 1. The Bertz CT molecular complexity index is 1110. The van der Waals surface area contributed by atoms with Gasteiger partial charge in [0.25, 0.3) is 0 Å². The molecule has 0 saturated carbocycles. The second kappa shape index (κ2) is 10.6. The Hall–Kier alpha value is -3.93. The average Bonchev–Trinajstić information content (AvgIpc) is 3.37. The van der Waals surface area contributed by atoms with E-state index in [1.54, 1.807) is 18.2 Å². The van der Waals surface area contributed by atoms with E-state index in [9.17, 15) is 14.4 Å². The molecule has 6 heteroatoms. The minimum Gasteiger partial charge on any atom is -0.457 e. The Balaban J connectivity index is 1.39. The van der Waals surface area contributed by atoms with Gasteiger partial charge in [-0.15, -0.1) is 0 Å². The first-order valence-electron chi connectivity index (χ1n) is 10.9. The fourth-order valence-corrected chi connectivity index (χ4v) is 3.86. The van der Waals surface area contributed by atoms with E-state index in [0.717, 1.165) is 17.5 Å². The van der Waals surface area contributed by atoms with Crippen molar-refractivity contribution in [3.05, 3.63) is 107 Å². The van der Waals surface area contributed by atoms with E-state index in [4.69, 9.17) is 9.47 Å². The molecule has 168 valence electrons. The molecule has 1 atom stereocenters. The Kier molecular flexibility index (Phi) is 7.15. The van der Waals surface area contributed by atoms with E-state index in [1.165, 1.54) is 11.0 Å². The van der Waals surface area contributed by atoms with E-state index >= 15 is 0 Å². The minimum atomic E-state index is -0.608. The minimum absolute atomic E-state index is 0.153. The summed E-state index contributed by atoms with van der Waals surface area (Å²) in [4.78, 5) is 39.8. The lowest BCUT2D eigenvalue weighted by atomic mass is 10.0. The van der Waals surface area contributed by atoms with Crippen LogP contribution < -0.4 is 0 Å². The summed E-state index contributed by atoms with van der Waals surface area (Å²) in [5.74, 6) is -0.707. The highest BCUT2D eigenvalue weighted by Gasteiger charge is 2.35. The van der Waals surface area contributed by atoms with Crippen molar-refractivity contribution in [1.29, 1.82) is 0 Å². The molecule has 3 aromatic carbocycles. The smallest absolute Gasteiger partial charge is 0.410 e. The van der Waals surface area contributed by atoms with Gasteiger partial charge in [-0.25, -0.2) is 9.59 Å². The van der Waals surface area contributed by atoms with Gasteiger partial charge in [0.1, 0.15) is 13.2 Å². The quantitative estimate of drug-likeness (QED) is 0.378. The number of Topliss-reactive ketones (excluding diaryl/α,β-unsaturated/α-hetero) is 1. The van der Waals surface area contributed by atoms with Gasteiger partial charge in [0.15, 0.2) is 5.78 Å². The summed E-state index contributed by atoms with van der Waals surface area (Å²) in [6, 6.07) is 24.6. The van der Waals surface area contributed by atoms with Crippen LogP contribution >= 0.6 is 0 Å². The first kappa shape index (κ1) is 22.3. The molecule has 1 amide bonds. The van der Waals surface area contributed by atoms with Crippen molar-refractivity contribution >= 4 is 17.8 Å². The maximum absolute atomic E-state index is 13.2. The van der Waals surface area contributed by atoms with Gasteiger partial charge >= 0.3 is 12.1 Å². The number of ketones is 1. The normalized spacial score (nSPS) is 15.2. The summed E-state index contributed by atoms with van der Waals surface area (Å²) in [6.45, 7) is 0.768. The summed E-state index contributed by atoms with van der Waals surface area (Å²) in [5, 5.41) is 0. The van der Waals surface area contributed by atoms with Crippen LogP contribution in [-0.2, 0) is 22.7 Å². The largest absolute Gasteiger partial charge is 0.457 e. The molecule has 0 radical (unpaired) electrons. The van der Waals surface area contributed by atoms with E-state index in [-0.39, 0.29) is 19.0 Å². The highest BCUT2D eigenvalue weighted by atomic mass is 16.6. The highest BCUT2D eigenvalue weighted by molar-refractivity contribution is 6.03. The summed E-state index contributed by atoms with van der Waals surface area (Å²) < 4.78 is 10.8. The molecule has 0 aliphatic carbocycles. The third kappa shape index (κ3) is 5.66. The number of hydrogen-bond acceptors (Lipinski definition) is 5. The maximum atomic E-state index is 13.2. The third-order valence-corrected chi connectivity index (χ3v) is 5.59. The maximum Gasteiger partial charge on any atom is 0.410 e. The summed E-state index contributed by atoms with van der Waals surface area (Å²) in [5.41, 5.74) is 2.44. The van der Waals surface area contributed by atoms with Gasteiger partial charge < -0.3 is 9.47 Å². The summed E-state index contributed by atoms with van der Waals surface area (Å²) >= 11 is 0. The second-order valence-electron chi connectivity index (χ2n) is 7.90. The fraction of sp³-hybridized carbons (Fsp3) is 0.222. The van der Waals surface area contributed by atoms with Gasteiger partial charge in [0.2, 0.25) is 0 Å². The Morgan fingerprint density at radius 3 is 2.03 bits per heavy atom. The average molecular weight is 443 g/mol. The zero-order valence-electron chi connectivity index (χ0n) is 18.2. The number of esters is 1. The predicted molar refractivity (Wildman–Crippen MR) is 123 cm³/mol. The van der Waals surface area contributed by atoms with Gasteiger partial charge in [-0.3, -0.25) is 9.69 Å². The van der Waals surface area contributed by atoms with Crippen LogP contribution in [0, 0.1) is 0 Å². The van der Waals surface area contributed by atoms with Crippen LogP contribution in [0.4, 0.5) is 4.79 Å². The molecule has 6 nitrogen and oxygen atoms in total. The number of carbonyl (C=O) groups excluding carboxylic acids is 3. The number of amides is 1. The van der Waals surface area contributed by atoms with Gasteiger partial charge in [-0.1, -0.05) is 72.8 Å². The van der Waals surface area contributed by atoms with Crippen molar-refractivity contribution in [2.75, 3.05) is 6.54 Å². The van der Waals surface area contributed by atoms with Crippen molar-refractivity contribution in [3.63, 3.8) is 0 Å². The van der Waals surface area contributed by atoms with Crippen LogP contribution in [-0.4, -0.2) is 35.3 Å². The van der Waals surface area contributed by atoms with Crippen LogP contribution in [0.25, 0.3) is 0 Å². The van der Waals surface area contributed by atoms with Crippen LogP contribution in [0.5, 0.6) is 0 Å². The molecular weight excluding hydrogens is 418 g/mol. The first-order chi connectivity index (χ1) is 16.1. The van der Waals surface area contributed by atoms with Crippen LogP contribution in [0.15, 0.2) is 84.9 Å². The fourth-order valence-electron chi connectivity index (χ4n) is 3.86. The SMILES string of the molecule is O=C(OCc1ccccc1)c1cccc(C(=O)[C@@H]2CCCN2C(=O)OCc2ccccc2)c1. The lowest BCUT2D eigenvalue weighted by Crippen LogP contribution is -2.40. The van der Waals surface area contributed by atoms with Crippen molar-refractivity contribution in [1.82, 2.24) is 4.90 Å². The molecule has 0 aromatic heterocycles. The molecule has 0 bridgehead atoms. The number of ether oxygens (including phenoxy) is 2. The molecule has 4 rings (SSSR count). The molecule has 0 N–H and O–H groups in total. The van der Waals surface area contributed by atoms with Crippen molar-refractivity contribution in [2.45, 2.75) is 32.1 Å².